The molecule has 18 heavy (non-hydrogen) atoms. The van der Waals surface area contributed by atoms with Crippen LogP contribution in [-0.4, -0.2) is 12.1 Å². The van der Waals surface area contributed by atoms with Crippen molar-refractivity contribution >= 4 is 22.6 Å². The van der Waals surface area contributed by atoms with Crippen LogP contribution in [0.5, 0.6) is 0 Å². The maximum atomic E-state index is 11.8. The molecule has 2 N–H and O–H groups in total. The fourth-order valence-electron chi connectivity index (χ4n) is 1.57. The monoisotopic (exact) mass is 247 g/mol. The molecule has 0 atom stereocenters. The van der Waals surface area contributed by atoms with Crippen LogP contribution in [0, 0.1) is 0 Å². The number of carbonyl (C=O) groups excluding carboxylic acids is 1. The van der Waals surface area contributed by atoms with E-state index in [-0.39, 0.29) is 22.9 Å². The van der Waals surface area contributed by atoms with Gasteiger partial charge in [-0.1, -0.05) is 6.07 Å². The normalized spacial score (nSPS) is 10.8. The number of carbonyl (C=O) groups is 1. The molecule has 0 aliphatic heterocycles. The maximum absolute atomic E-state index is 11.8. The minimum absolute atomic E-state index is 0.140. The van der Waals surface area contributed by atoms with E-state index in [1.165, 1.54) is 0 Å². The van der Waals surface area contributed by atoms with Gasteiger partial charge in [0, 0.05) is 6.07 Å². The molecular weight excluding hydrogens is 234 g/mol. The van der Waals surface area contributed by atoms with Gasteiger partial charge >= 0.3 is 5.97 Å². The molecule has 0 saturated heterocycles. The van der Waals surface area contributed by atoms with Gasteiger partial charge in [0.1, 0.15) is 0 Å². The van der Waals surface area contributed by atoms with E-state index in [1.807, 2.05) is 0 Å². The van der Waals surface area contributed by atoms with Crippen LogP contribution in [-0.2, 0) is 4.74 Å². The van der Waals surface area contributed by atoms with Crippen molar-refractivity contribution in [2.45, 2.75) is 20.0 Å². The van der Waals surface area contributed by atoms with Crippen LogP contribution in [0.15, 0.2) is 33.5 Å². The van der Waals surface area contributed by atoms with Crippen LogP contribution in [0.1, 0.15) is 24.4 Å². The third-order valence-electron chi connectivity index (χ3n) is 2.33. The molecule has 5 nitrogen and oxygen atoms in total. The third kappa shape index (κ3) is 2.20. The number of rotatable bonds is 2. The summed E-state index contributed by atoms with van der Waals surface area (Å²) in [5.41, 5.74) is 5.91. The van der Waals surface area contributed by atoms with Gasteiger partial charge in [-0.2, -0.15) is 0 Å². The van der Waals surface area contributed by atoms with Crippen LogP contribution in [0.2, 0.25) is 0 Å². The van der Waals surface area contributed by atoms with Crippen molar-refractivity contribution < 1.29 is 13.9 Å². The van der Waals surface area contributed by atoms with Crippen molar-refractivity contribution in [3.63, 3.8) is 0 Å². The van der Waals surface area contributed by atoms with Crippen LogP contribution in [0.4, 0.5) is 5.69 Å². The van der Waals surface area contributed by atoms with Crippen molar-refractivity contribution in [1.29, 1.82) is 0 Å². The minimum Gasteiger partial charge on any atom is -0.457 e. The number of nitrogens with two attached hydrogens (primary N) is 1. The van der Waals surface area contributed by atoms with E-state index in [0.717, 1.165) is 6.07 Å². The average Bonchev–Trinajstić information content (AvgIpc) is 2.29. The maximum Gasteiger partial charge on any atom is 0.374 e. The van der Waals surface area contributed by atoms with E-state index in [1.54, 1.807) is 32.0 Å². The molecule has 0 fully saturated rings. The first-order valence-corrected chi connectivity index (χ1v) is 5.52. The standard InChI is InChI=1S/C13H13NO4/c1-7(2)17-13(16)11-6-10(15)8-4-3-5-9(14)12(8)18-11/h3-7H,14H2,1-2H3. The van der Waals surface area contributed by atoms with Crippen molar-refractivity contribution in [2.75, 3.05) is 5.73 Å². The summed E-state index contributed by atoms with van der Waals surface area (Å²) in [6.07, 6.45) is -0.286. The molecule has 0 aliphatic carbocycles. The Morgan fingerprint density at radius 2 is 2.11 bits per heavy atom. The van der Waals surface area contributed by atoms with E-state index < -0.39 is 5.97 Å². The molecule has 0 radical (unpaired) electrons. The number of benzene rings is 1. The summed E-state index contributed by atoms with van der Waals surface area (Å²) in [5.74, 6) is -0.814. The lowest BCUT2D eigenvalue weighted by molar-refractivity contribution is 0.0342. The Labute approximate surface area is 103 Å². The van der Waals surface area contributed by atoms with Crippen LogP contribution in [0.3, 0.4) is 0 Å². The van der Waals surface area contributed by atoms with Gasteiger partial charge in [0.15, 0.2) is 11.0 Å². The molecule has 1 aromatic carbocycles. The highest BCUT2D eigenvalue weighted by Crippen LogP contribution is 2.19. The highest BCUT2D eigenvalue weighted by molar-refractivity contribution is 5.92. The molecule has 0 aliphatic rings. The first-order valence-electron chi connectivity index (χ1n) is 5.52. The predicted molar refractivity (Wildman–Crippen MR) is 67.4 cm³/mol. The van der Waals surface area contributed by atoms with Crippen LogP contribution >= 0.6 is 0 Å². The molecule has 0 spiro atoms. The lowest BCUT2D eigenvalue weighted by Gasteiger charge is -2.08. The van der Waals surface area contributed by atoms with E-state index in [4.69, 9.17) is 14.9 Å². The van der Waals surface area contributed by atoms with Gasteiger partial charge < -0.3 is 14.9 Å². The zero-order valence-corrected chi connectivity index (χ0v) is 10.1. The number of hydrogen-bond acceptors (Lipinski definition) is 5. The molecule has 0 saturated carbocycles. The second-order valence-electron chi connectivity index (χ2n) is 4.15. The summed E-state index contributed by atoms with van der Waals surface area (Å²) in [7, 11) is 0. The lowest BCUT2D eigenvalue weighted by atomic mass is 10.2. The summed E-state index contributed by atoms with van der Waals surface area (Å²) in [6.45, 7) is 3.43. The van der Waals surface area contributed by atoms with Crippen molar-refractivity contribution in [3.8, 4) is 0 Å². The molecule has 0 unspecified atom stereocenters. The predicted octanol–water partition coefficient (Wildman–Crippen LogP) is 1.94. The molecule has 2 rings (SSSR count). The zero-order chi connectivity index (χ0) is 13.3. The topological polar surface area (TPSA) is 82.5 Å². The number of fused-ring (bicyclic) bond motifs is 1. The molecular formula is C13H13NO4. The number of nitrogen functional groups attached to an aromatic ring is 1. The number of ether oxygens (including phenoxy) is 1. The molecule has 1 heterocycles. The van der Waals surface area contributed by atoms with Crippen LogP contribution < -0.4 is 11.2 Å². The quantitative estimate of drug-likeness (QED) is 0.647. The second kappa shape index (κ2) is 4.52. The number of hydrogen-bond donors (Lipinski definition) is 1. The van der Waals surface area contributed by atoms with Crippen molar-refractivity contribution in [2.24, 2.45) is 0 Å². The van der Waals surface area contributed by atoms with E-state index >= 15 is 0 Å². The number of anilines is 1. The Morgan fingerprint density at radius 3 is 2.78 bits per heavy atom. The van der Waals surface area contributed by atoms with Crippen molar-refractivity contribution in [3.05, 3.63) is 40.2 Å². The van der Waals surface area contributed by atoms with Gasteiger partial charge in [0.25, 0.3) is 0 Å². The van der Waals surface area contributed by atoms with Gasteiger partial charge in [0.2, 0.25) is 5.76 Å². The molecule has 94 valence electrons. The molecule has 2 aromatic rings. The van der Waals surface area contributed by atoms with Gasteiger partial charge in [-0.05, 0) is 26.0 Å². The lowest BCUT2D eigenvalue weighted by Crippen LogP contribution is -2.14. The summed E-state index contributed by atoms with van der Waals surface area (Å²) < 4.78 is 10.3. The first-order chi connectivity index (χ1) is 8.49. The smallest absolute Gasteiger partial charge is 0.374 e. The Morgan fingerprint density at radius 1 is 1.39 bits per heavy atom. The van der Waals surface area contributed by atoms with E-state index in [2.05, 4.69) is 0 Å². The summed E-state index contributed by atoms with van der Waals surface area (Å²) in [4.78, 5) is 23.5. The fourth-order valence-corrected chi connectivity index (χ4v) is 1.57. The largest absolute Gasteiger partial charge is 0.457 e. The SMILES string of the molecule is CC(C)OC(=O)c1cc(=O)c2cccc(N)c2o1. The third-order valence-corrected chi connectivity index (χ3v) is 2.33. The van der Waals surface area contributed by atoms with E-state index in [0.29, 0.717) is 11.1 Å². The summed E-state index contributed by atoms with van der Waals surface area (Å²) >= 11 is 0. The Kier molecular flexibility index (Phi) is 3.06. The molecule has 0 amide bonds. The van der Waals surface area contributed by atoms with Crippen LogP contribution in [0.25, 0.3) is 11.0 Å². The zero-order valence-electron chi connectivity index (χ0n) is 10.1. The minimum atomic E-state index is -0.674. The Balaban J connectivity index is 2.58. The highest BCUT2D eigenvalue weighted by atomic mass is 16.6. The van der Waals surface area contributed by atoms with Gasteiger partial charge in [0.05, 0.1) is 17.2 Å². The first kappa shape index (κ1) is 12.2. The molecule has 0 bridgehead atoms. The van der Waals surface area contributed by atoms with Gasteiger partial charge in [-0.3, -0.25) is 4.79 Å². The van der Waals surface area contributed by atoms with Gasteiger partial charge in [-0.25, -0.2) is 4.79 Å². The summed E-state index contributed by atoms with van der Waals surface area (Å²) in [6, 6.07) is 5.96. The Bertz CT molecular complexity index is 658. The van der Waals surface area contributed by atoms with Gasteiger partial charge in [-0.15, -0.1) is 0 Å². The van der Waals surface area contributed by atoms with E-state index in [9.17, 15) is 9.59 Å². The average molecular weight is 247 g/mol. The molecule has 5 heteroatoms. The highest BCUT2D eigenvalue weighted by Gasteiger charge is 2.15. The number of para-hydroxylation sites is 1. The van der Waals surface area contributed by atoms with Crippen molar-refractivity contribution in [1.82, 2.24) is 0 Å². The molecule has 1 aromatic heterocycles. The number of esters is 1. The fraction of sp³-hybridized carbons (Fsp3) is 0.231. The second-order valence-corrected chi connectivity index (χ2v) is 4.15. The summed E-state index contributed by atoms with van der Waals surface area (Å²) in [5, 5.41) is 0.344. The Hall–Kier alpha value is -2.30.